The van der Waals surface area contributed by atoms with E-state index in [1.165, 1.54) is 0 Å². The number of piperidine rings is 1. The minimum absolute atomic E-state index is 0.0399. The van der Waals surface area contributed by atoms with E-state index in [-0.39, 0.29) is 11.9 Å². The Labute approximate surface area is 141 Å². The van der Waals surface area contributed by atoms with Gasteiger partial charge in [-0.1, -0.05) is 11.6 Å². The lowest BCUT2D eigenvalue weighted by molar-refractivity contribution is 0.0709. The molecule has 0 saturated carbocycles. The average molecular weight is 333 g/mol. The number of aromatic nitrogens is 2. The van der Waals surface area contributed by atoms with Gasteiger partial charge in [-0.3, -0.25) is 4.79 Å². The van der Waals surface area contributed by atoms with Gasteiger partial charge in [0.1, 0.15) is 0 Å². The van der Waals surface area contributed by atoms with Gasteiger partial charge >= 0.3 is 0 Å². The van der Waals surface area contributed by atoms with Gasteiger partial charge in [0.25, 0.3) is 5.91 Å². The first-order valence-corrected chi connectivity index (χ1v) is 8.22. The standard InChI is InChI=1S/C17H21ClN4O/c1-11-16(18)12(2)22(20-11)15-7-5-13(6-8-15)17(23)21-9-3-4-14(19)10-21/h5-8,14H,3-4,9-10,19H2,1-2H3/t14-/m1/s1. The number of carbonyl (C=O) groups excluding carboxylic acids is 1. The van der Waals surface area contributed by atoms with E-state index in [0.29, 0.717) is 17.1 Å². The Kier molecular flexibility index (Phi) is 4.41. The largest absolute Gasteiger partial charge is 0.337 e. The molecule has 2 heterocycles. The van der Waals surface area contributed by atoms with Gasteiger partial charge in [0.2, 0.25) is 0 Å². The average Bonchev–Trinajstić information content (AvgIpc) is 2.82. The third kappa shape index (κ3) is 3.12. The topological polar surface area (TPSA) is 64.2 Å². The first-order chi connectivity index (χ1) is 11.0. The van der Waals surface area contributed by atoms with Gasteiger partial charge in [-0.25, -0.2) is 4.68 Å². The van der Waals surface area contributed by atoms with Crippen LogP contribution in [-0.4, -0.2) is 39.7 Å². The summed E-state index contributed by atoms with van der Waals surface area (Å²) in [5.74, 6) is 0.0399. The lowest BCUT2D eigenvalue weighted by atomic mass is 10.1. The molecule has 5 nitrogen and oxygen atoms in total. The highest BCUT2D eigenvalue weighted by Gasteiger charge is 2.22. The zero-order chi connectivity index (χ0) is 16.6. The molecule has 1 aromatic heterocycles. The quantitative estimate of drug-likeness (QED) is 0.919. The monoisotopic (exact) mass is 332 g/mol. The fourth-order valence-electron chi connectivity index (χ4n) is 3.00. The summed E-state index contributed by atoms with van der Waals surface area (Å²) in [7, 11) is 0. The number of likely N-dealkylation sites (tertiary alicyclic amines) is 1. The maximum atomic E-state index is 12.5. The molecule has 0 unspecified atom stereocenters. The zero-order valence-corrected chi connectivity index (χ0v) is 14.2. The number of amides is 1. The molecule has 6 heteroatoms. The summed E-state index contributed by atoms with van der Waals surface area (Å²) in [4.78, 5) is 14.4. The molecule has 1 fully saturated rings. The zero-order valence-electron chi connectivity index (χ0n) is 13.4. The lowest BCUT2D eigenvalue weighted by Crippen LogP contribution is -2.45. The predicted molar refractivity (Wildman–Crippen MR) is 91.2 cm³/mol. The Bertz CT molecular complexity index is 723. The number of hydrogen-bond acceptors (Lipinski definition) is 3. The van der Waals surface area contributed by atoms with Crippen molar-refractivity contribution in [2.75, 3.05) is 13.1 Å². The Morgan fingerprint density at radius 2 is 2.00 bits per heavy atom. The normalized spacial score (nSPS) is 18.3. The molecular weight excluding hydrogens is 312 g/mol. The fraction of sp³-hybridized carbons (Fsp3) is 0.412. The van der Waals surface area contributed by atoms with Crippen molar-refractivity contribution in [3.8, 4) is 5.69 Å². The van der Waals surface area contributed by atoms with Gasteiger partial charge in [-0.2, -0.15) is 5.10 Å². The van der Waals surface area contributed by atoms with E-state index in [1.807, 2.05) is 43.0 Å². The van der Waals surface area contributed by atoms with Crippen LogP contribution in [0.25, 0.3) is 5.69 Å². The van der Waals surface area contributed by atoms with Gasteiger partial charge in [-0.15, -0.1) is 0 Å². The van der Waals surface area contributed by atoms with Gasteiger partial charge in [0.15, 0.2) is 0 Å². The number of aryl methyl sites for hydroxylation is 1. The van der Waals surface area contributed by atoms with Crippen molar-refractivity contribution >= 4 is 17.5 Å². The molecule has 1 atom stereocenters. The number of nitrogens with zero attached hydrogens (tertiary/aromatic N) is 3. The second-order valence-electron chi connectivity index (χ2n) is 6.10. The molecule has 122 valence electrons. The van der Waals surface area contributed by atoms with Crippen LogP contribution in [0.3, 0.4) is 0 Å². The van der Waals surface area contributed by atoms with Crippen LogP contribution in [0.4, 0.5) is 0 Å². The highest BCUT2D eigenvalue weighted by molar-refractivity contribution is 6.31. The highest BCUT2D eigenvalue weighted by atomic mass is 35.5. The molecule has 1 aromatic carbocycles. The van der Waals surface area contributed by atoms with Crippen molar-refractivity contribution in [3.05, 3.63) is 46.2 Å². The van der Waals surface area contributed by atoms with Crippen LogP contribution in [0.1, 0.15) is 34.6 Å². The maximum Gasteiger partial charge on any atom is 0.253 e. The van der Waals surface area contributed by atoms with Gasteiger partial charge < -0.3 is 10.6 Å². The molecule has 3 rings (SSSR count). The molecule has 0 bridgehead atoms. The van der Waals surface area contributed by atoms with E-state index in [0.717, 1.165) is 36.5 Å². The summed E-state index contributed by atoms with van der Waals surface area (Å²) in [5.41, 5.74) is 9.22. The number of hydrogen-bond donors (Lipinski definition) is 1. The molecule has 0 radical (unpaired) electrons. The summed E-state index contributed by atoms with van der Waals surface area (Å²) in [6.45, 7) is 5.22. The Morgan fingerprint density at radius 1 is 1.30 bits per heavy atom. The molecule has 1 aliphatic heterocycles. The summed E-state index contributed by atoms with van der Waals surface area (Å²) in [6, 6.07) is 7.55. The predicted octanol–water partition coefficient (Wildman–Crippen LogP) is 2.71. The highest BCUT2D eigenvalue weighted by Crippen LogP contribution is 2.23. The summed E-state index contributed by atoms with van der Waals surface area (Å²) < 4.78 is 1.79. The minimum atomic E-state index is 0.0399. The summed E-state index contributed by atoms with van der Waals surface area (Å²) >= 11 is 6.19. The van der Waals surface area contributed by atoms with Crippen molar-refractivity contribution in [3.63, 3.8) is 0 Å². The smallest absolute Gasteiger partial charge is 0.253 e. The first kappa shape index (κ1) is 16.0. The van der Waals surface area contributed by atoms with Crippen molar-refractivity contribution in [2.24, 2.45) is 5.73 Å². The van der Waals surface area contributed by atoms with E-state index < -0.39 is 0 Å². The summed E-state index contributed by atoms with van der Waals surface area (Å²) in [6.07, 6.45) is 1.96. The fourth-order valence-corrected chi connectivity index (χ4v) is 3.12. The molecule has 0 aliphatic carbocycles. The molecule has 0 spiro atoms. The number of carbonyl (C=O) groups is 1. The van der Waals surface area contributed by atoms with Crippen LogP contribution < -0.4 is 5.73 Å². The van der Waals surface area contributed by atoms with Crippen LogP contribution >= 0.6 is 11.6 Å². The van der Waals surface area contributed by atoms with Gasteiger partial charge in [0, 0.05) is 24.7 Å². The second-order valence-corrected chi connectivity index (χ2v) is 6.47. The molecule has 2 aromatic rings. The van der Waals surface area contributed by atoms with E-state index >= 15 is 0 Å². The van der Waals surface area contributed by atoms with E-state index in [9.17, 15) is 4.79 Å². The third-order valence-electron chi connectivity index (χ3n) is 4.31. The van der Waals surface area contributed by atoms with Gasteiger partial charge in [0.05, 0.1) is 22.1 Å². The van der Waals surface area contributed by atoms with Crippen molar-refractivity contribution in [2.45, 2.75) is 32.7 Å². The number of rotatable bonds is 2. The Balaban J connectivity index is 1.81. The number of halogens is 1. The van der Waals surface area contributed by atoms with E-state index in [1.54, 1.807) is 4.68 Å². The molecule has 1 saturated heterocycles. The molecule has 2 N–H and O–H groups in total. The molecule has 23 heavy (non-hydrogen) atoms. The Morgan fingerprint density at radius 3 is 2.57 bits per heavy atom. The van der Waals surface area contributed by atoms with Crippen LogP contribution in [0.15, 0.2) is 24.3 Å². The Hall–Kier alpha value is -1.85. The van der Waals surface area contributed by atoms with Crippen LogP contribution in [0.5, 0.6) is 0 Å². The van der Waals surface area contributed by atoms with Crippen LogP contribution in [-0.2, 0) is 0 Å². The SMILES string of the molecule is Cc1nn(-c2ccc(C(=O)N3CCC[C@@H](N)C3)cc2)c(C)c1Cl. The van der Waals surface area contributed by atoms with E-state index in [4.69, 9.17) is 17.3 Å². The van der Waals surface area contributed by atoms with E-state index in [2.05, 4.69) is 5.10 Å². The summed E-state index contributed by atoms with van der Waals surface area (Å²) in [5, 5.41) is 5.10. The number of nitrogens with two attached hydrogens (primary N) is 1. The van der Waals surface area contributed by atoms with Gasteiger partial charge in [-0.05, 0) is 51.0 Å². The van der Waals surface area contributed by atoms with Crippen LogP contribution in [0.2, 0.25) is 5.02 Å². The van der Waals surface area contributed by atoms with Crippen molar-refractivity contribution in [1.29, 1.82) is 0 Å². The third-order valence-corrected chi connectivity index (χ3v) is 4.85. The first-order valence-electron chi connectivity index (χ1n) is 7.84. The second kappa shape index (κ2) is 6.34. The van der Waals surface area contributed by atoms with Crippen LogP contribution in [0, 0.1) is 13.8 Å². The van der Waals surface area contributed by atoms with Crippen molar-refractivity contribution in [1.82, 2.24) is 14.7 Å². The minimum Gasteiger partial charge on any atom is -0.337 e. The number of benzene rings is 1. The van der Waals surface area contributed by atoms with Crippen molar-refractivity contribution < 1.29 is 4.79 Å². The lowest BCUT2D eigenvalue weighted by Gasteiger charge is -2.30. The molecule has 1 aliphatic rings. The maximum absolute atomic E-state index is 12.5. The molecule has 1 amide bonds. The molecular formula is C17H21ClN4O.